The van der Waals surface area contributed by atoms with E-state index in [9.17, 15) is 0 Å². The van der Waals surface area contributed by atoms with Crippen LogP contribution in [0.3, 0.4) is 0 Å². The molecule has 2 aromatic carbocycles. The van der Waals surface area contributed by atoms with Gasteiger partial charge in [-0.05, 0) is 54.8 Å². The van der Waals surface area contributed by atoms with Crippen LogP contribution in [0.4, 0.5) is 11.4 Å². The Morgan fingerprint density at radius 1 is 1.05 bits per heavy atom. The second kappa shape index (κ2) is 5.65. The number of ether oxygens (including phenoxy) is 1. The Morgan fingerprint density at radius 3 is 2.37 bits per heavy atom. The number of hydrogen-bond donors (Lipinski definition) is 2. The fourth-order valence-electron chi connectivity index (χ4n) is 2.03. The van der Waals surface area contributed by atoms with E-state index in [0.717, 1.165) is 29.2 Å². The van der Waals surface area contributed by atoms with E-state index in [0.29, 0.717) is 0 Å². The molecule has 0 fully saturated rings. The van der Waals surface area contributed by atoms with E-state index in [1.807, 2.05) is 31.2 Å². The van der Waals surface area contributed by atoms with Gasteiger partial charge in [-0.25, -0.2) is 0 Å². The molecule has 2 rings (SSSR count). The van der Waals surface area contributed by atoms with Gasteiger partial charge >= 0.3 is 0 Å². The number of hydrogen-bond acceptors (Lipinski definition) is 3. The molecule has 0 spiro atoms. The molecule has 0 aliphatic carbocycles. The normalized spacial score (nSPS) is 10.3. The molecule has 3 nitrogen and oxygen atoms in total. The van der Waals surface area contributed by atoms with E-state index < -0.39 is 0 Å². The first-order chi connectivity index (χ1) is 9.10. The topological polar surface area (TPSA) is 47.3 Å². The van der Waals surface area contributed by atoms with Crippen LogP contribution in [-0.2, 0) is 6.54 Å². The summed E-state index contributed by atoms with van der Waals surface area (Å²) in [5, 5.41) is 3.44. The first-order valence-corrected chi connectivity index (χ1v) is 6.33. The highest BCUT2D eigenvalue weighted by molar-refractivity contribution is 5.57. The van der Waals surface area contributed by atoms with Crippen LogP contribution in [0.1, 0.15) is 16.7 Å². The summed E-state index contributed by atoms with van der Waals surface area (Å²) in [7, 11) is 1.70. The number of nitrogens with one attached hydrogen (secondary N) is 1. The van der Waals surface area contributed by atoms with Gasteiger partial charge in [-0.2, -0.15) is 0 Å². The highest BCUT2D eigenvalue weighted by atomic mass is 16.5. The summed E-state index contributed by atoms with van der Waals surface area (Å²) in [6.07, 6.45) is 0. The molecule has 2 aromatic rings. The Balaban J connectivity index is 2.11. The van der Waals surface area contributed by atoms with E-state index in [4.69, 9.17) is 10.5 Å². The third-order valence-electron chi connectivity index (χ3n) is 3.20. The van der Waals surface area contributed by atoms with Crippen molar-refractivity contribution in [3.63, 3.8) is 0 Å². The summed E-state index contributed by atoms with van der Waals surface area (Å²) >= 11 is 0. The maximum Gasteiger partial charge on any atom is 0.122 e. The molecule has 0 heterocycles. The van der Waals surface area contributed by atoms with Crippen molar-refractivity contribution < 1.29 is 4.74 Å². The molecule has 0 unspecified atom stereocenters. The lowest BCUT2D eigenvalue weighted by atomic mass is 10.1. The molecule has 0 saturated carbocycles. The number of aryl methyl sites for hydroxylation is 2. The minimum atomic E-state index is 0.785. The van der Waals surface area contributed by atoms with Crippen molar-refractivity contribution in [2.24, 2.45) is 0 Å². The molecule has 0 aliphatic rings. The van der Waals surface area contributed by atoms with E-state index in [-0.39, 0.29) is 0 Å². The van der Waals surface area contributed by atoms with Crippen molar-refractivity contribution in [1.29, 1.82) is 0 Å². The van der Waals surface area contributed by atoms with Crippen LogP contribution in [-0.4, -0.2) is 7.11 Å². The first kappa shape index (κ1) is 13.3. The first-order valence-electron chi connectivity index (χ1n) is 6.33. The largest absolute Gasteiger partial charge is 0.496 e. The van der Waals surface area contributed by atoms with E-state index in [2.05, 4.69) is 24.4 Å². The van der Waals surface area contributed by atoms with Gasteiger partial charge in [-0.3, -0.25) is 0 Å². The smallest absolute Gasteiger partial charge is 0.122 e. The van der Waals surface area contributed by atoms with Crippen molar-refractivity contribution in [2.75, 3.05) is 18.2 Å². The molecule has 0 amide bonds. The van der Waals surface area contributed by atoms with Gasteiger partial charge in [0, 0.05) is 17.9 Å². The molecule has 19 heavy (non-hydrogen) atoms. The fourth-order valence-corrected chi connectivity index (χ4v) is 2.03. The number of nitrogens with two attached hydrogens (primary N) is 1. The minimum absolute atomic E-state index is 0.785. The van der Waals surface area contributed by atoms with Crippen LogP contribution in [0.15, 0.2) is 36.4 Å². The van der Waals surface area contributed by atoms with Gasteiger partial charge in [0.25, 0.3) is 0 Å². The molecule has 0 atom stereocenters. The van der Waals surface area contributed by atoms with Crippen molar-refractivity contribution in [3.8, 4) is 5.75 Å². The molecule has 0 bridgehead atoms. The van der Waals surface area contributed by atoms with E-state index in [1.165, 1.54) is 11.1 Å². The molecule has 3 heteroatoms. The molecule has 3 N–H and O–H groups in total. The van der Waals surface area contributed by atoms with Crippen LogP contribution < -0.4 is 15.8 Å². The van der Waals surface area contributed by atoms with E-state index >= 15 is 0 Å². The Kier molecular flexibility index (Phi) is 3.95. The predicted molar refractivity (Wildman–Crippen MR) is 80.6 cm³/mol. The Labute approximate surface area is 114 Å². The van der Waals surface area contributed by atoms with Gasteiger partial charge in [0.15, 0.2) is 0 Å². The zero-order valence-electron chi connectivity index (χ0n) is 11.7. The van der Waals surface area contributed by atoms with Crippen molar-refractivity contribution in [3.05, 3.63) is 53.1 Å². The Hall–Kier alpha value is -2.16. The van der Waals surface area contributed by atoms with Gasteiger partial charge in [0.1, 0.15) is 5.75 Å². The standard InChI is InChI=1S/C16H20N2O/c1-11-9-16(19-3)12(2)8-15(11)18-10-13-4-6-14(17)7-5-13/h4-9,18H,10,17H2,1-3H3. The van der Waals surface area contributed by atoms with Gasteiger partial charge in [-0.15, -0.1) is 0 Å². The monoisotopic (exact) mass is 256 g/mol. The highest BCUT2D eigenvalue weighted by Crippen LogP contribution is 2.26. The van der Waals surface area contributed by atoms with Crippen LogP contribution in [0.5, 0.6) is 5.75 Å². The highest BCUT2D eigenvalue weighted by Gasteiger charge is 2.04. The van der Waals surface area contributed by atoms with Crippen LogP contribution >= 0.6 is 0 Å². The average molecular weight is 256 g/mol. The second-order valence-corrected chi connectivity index (χ2v) is 4.73. The van der Waals surface area contributed by atoms with Gasteiger partial charge in [0.05, 0.1) is 7.11 Å². The summed E-state index contributed by atoms with van der Waals surface area (Å²) in [6, 6.07) is 12.1. The third-order valence-corrected chi connectivity index (χ3v) is 3.20. The molecule has 0 aromatic heterocycles. The lowest BCUT2D eigenvalue weighted by Crippen LogP contribution is -2.02. The maximum atomic E-state index is 5.68. The maximum absolute atomic E-state index is 5.68. The number of methoxy groups -OCH3 is 1. The lowest BCUT2D eigenvalue weighted by molar-refractivity contribution is 0.411. The lowest BCUT2D eigenvalue weighted by Gasteiger charge is -2.13. The zero-order chi connectivity index (χ0) is 13.8. The number of nitrogen functional groups attached to an aromatic ring is 1. The molecule has 0 saturated heterocycles. The van der Waals surface area contributed by atoms with E-state index in [1.54, 1.807) is 7.11 Å². The average Bonchev–Trinajstić information content (AvgIpc) is 2.41. The zero-order valence-corrected chi connectivity index (χ0v) is 11.7. The summed E-state index contributed by atoms with van der Waals surface area (Å²) in [4.78, 5) is 0. The van der Waals surface area contributed by atoms with Crippen LogP contribution in [0, 0.1) is 13.8 Å². The van der Waals surface area contributed by atoms with Gasteiger partial charge in [-0.1, -0.05) is 12.1 Å². The summed E-state index contributed by atoms with van der Waals surface area (Å²) in [6.45, 7) is 4.91. The SMILES string of the molecule is COc1cc(C)c(NCc2ccc(N)cc2)cc1C. The van der Waals surface area contributed by atoms with Crippen LogP contribution in [0.2, 0.25) is 0 Å². The second-order valence-electron chi connectivity index (χ2n) is 4.73. The predicted octanol–water partition coefficient (Wildman–Crippen LogP) is 3.51. The van der Waals surface area contributed by atoms with Crippen molar-refractivity contribution in [2.45, 2.75) is 20.4 Å². The molecular weight excluding hydrogens is 236 g/mol. The van der Waals surface area contributed by atoms with Gasteiger partial charge < -0.3 is 15.8 Å². The Morgan fingerprint density at radius 2 is 1.74 bits per heavy atom. The molecule has 100 valence electrons. The molecular formula is C16H20N2O. The summed E-state index contributed by atoms with van der Waals surface area (Å²) in [5.74, 6) is 0.926. The number of benzene rings is 2. The quantitative estimate of drug-likeness (QED) is 0.823. The number of anilines is 2. The van der Waals surface area contributed by atoms with Crippen molar-refractivity contribution in [1.82, 2.24) is 0 Å². The fraction of sp³-hybridized carbons (Fsp3) is 0.250. The summed E-state index contributed by atoms with van der Waals surface area (Å²) in [5.41, 5.74) is 11.1. The van der Waals surface area contributed by atoms with Gasteiger partial charge in [0.2, 0.25) is 0 Å². The minimum Gasteiger partial charge on any atom is -0.496 e. The molecule has 0 radical (unpaired) electrons. The third kappa shape index (κ3) is 3.19. The van der Waals surface area contributed by atoms with Crippen LogP contribution in [0.25, 0.3) is 0 Å². The Bertz CT molecular complexity index is 562. The van der Waals surface area contributed by atoms with Crippen molar-refractivity contribution >= 4 is 11.4 Å². The number of rotatable bonds is 4. The summed E-state index contributed by atoms with van der Waals surface area (Å²) < 4.78 is 5.32. The molecule has 0 aliphatic heterocycles.